The van der Waals surface area contributed by atoms with Crippen LogP contribution in [-0.4, -0.2) is 23.4 Å². The summed E-state index contributed by atoms with van der Waals surface area (Å²) < 4.78 is 61.7. The first-order valence-corrected chi connectivity index (χ1v) is 9.03. The molecule has 3 N–H and O–H groups in total. The summed E-state index contributed by atoms with van der Waals surface area (Å²) in [6.45, 7) is 2.17. The first-order chi connectivity index (χ1) is 9.18. The third-order valence-electron chi connectivity index (χ3n) is 2.59. The number of nitrogens with two attached hydrogens (primary N) is 1. The van der Waals surface area contributed by atoms with Crippen molar-refractivity contribution in [3.05, 3.63) is 24.0 Å². The minimum absolute atomic E-state index is 0.201. The maximum absolute atomic E-state index is 13.7. The van der Waals surface area contributed by atoms with Crippen LogP contribution in [0.3, 0.4) is 0 Å². The highest BCUT2D eigenvalue weighted by Crippen LogP contribution is 2.18. The normalized spacial score (nSPS) is 12.6. The Balaban J connectivity index is 2.97. The lowest BCUT2D eigenvalue weighted by Gasteiger charge is -2.08. The lowest BCUT2D eigenvalue weighted by atomic mass is 10.3. The number of primary sulfonamides is 1. The minimum atomic E-state index is -4.07. The molecule has 0 aliphatic carbocycles. The molecule has 20 heavy (non-hydrogen) atoms. The van der Waals surface area contributed by atoms with Gasteiger partial charge in [0.05, 0.1) is 4.90 Å². The van der Waals surface area contributed by atoms with E-state index in [1.165, 1.54) is 0 Å². The van der Waals surface area contributed by atoms with Gasteiger partial charge in [0.15, 0.2) is 0 Å². The van der Waals surface area contributed by atoms with Gasteiger partial charge in [-0.2, -0.15) is 0 Å². The molecule has 0 spiro atoms. The average Bonchev–Trinajstić information content (AvgIpc) is 2.33. The van der Waals surface area contributed by atoms with Crippen molar-refractivity contribution in [3.63, 3.8) is 0 Å². The Hall–Kier alpha value is -1.03. The number of benzene rings is 1. The molecule has 6 nitrogen and oxygen atoms in total. The highest BCUT2D eigenvalue weighted by atomic mass is 32.2. The molecule has 9 heteroatoms. The number of sulfonamides is 2. The summed E-state index contributed by atoms with van der Waals surface area (Å²) in [5.41, 5.74) is 0. The zero-order chi connectivity index (χ0) is 15.4. The van der Waals surface area contributed by atoms with Crippen LogP contribution in [0.2, 0.25) is 0 Å². The van der Waals surface area contributed by atoms with Gasteiger partial charge in [0.2, 0.25) is 20.0 Å². The van der Waals surface area contributed by atoms with Crippen LogP contribution in [0.15, 0.2) is 28.0 Å². The number of unbranched alkanes of at least 4 members (excludes halogenated alkanes) is 2. The average molecular weight is 324 g/mol. The van der Waals surface area contributed by atoms with Gasteiger partial charge >= 0.3 is 0 Å². The summed E-state index contributed by atoms with van der Waals surface area (Å²) in [5.74, 6) is -1.15. The van der Waals surface area contributed by atoms with Gasteiger partial charge < -0.3 is 0 Å². The van der Waals surface area contributed by atoms with E-state index in [0.29, 0.717) is 12.5 Å². The number of halogens is 1. The van der Waals surface area contributed by atoms with Crippen molar-refractivity contribution in [3.8, 4) is 0 Å². The molecule has 114 valence electrons. The van der Waals surface area contributed by atoms with Gasteiger partial charge in [0.1, 0.15) is 10.7 Å². The van der Waals surface area contributed by atoms with Gasteiger partial charge in [-0.05, 0) is 24.6 Å². The van der Waals surface area contributed by atoms with Crippen LogP contribution in [0.5, 0.6) is 0 Å². The largest absolute Gasteiger partial charge is 0.243 e. The maximum atomic E-state index is 13.7. The van der Waals surface area contributed by atoms with Crippen molar-refractivity contribution in [2.24, 2.45) is 5.14 Å². The molecule has 0 aliphatic rings. The van der Waals surface area contributed by atoms with Gasteiger partial charge in [-0.15, -0.1) is 0 Å². The number of hydrogen-bond acceptors (Lipinski definition) is 4. The topological polar surface area (TPSA) is 106 Å². The Morgan fingerprint density at radius 3 is 2.35 bits per heavy atom. The van der Waals surface area contributed by atoms with Crippen molar-refractivity contribution in [2.45, 2.75) is 36.0 Å². The van der Waals surface area contributed by atoms with Crippen LogP contribution in [0.1, 0.15) is 26.2 Å². The summed E-state index contributed by atoms with van der Waals surface area (Å²) in [7, 11) is -8.06. The monoisotopic (exact) mass is 324 g/mol. The molecule has 0 heterocycles. The fourth-order valence-electron chi connectivity index (χ4n) is 1.54. The quantitative estimate of drug-likeness (QED) is 0.728. The summed E-state index contributed by atoms with van der Waals surface area (Å²) >= 11 is 0. The Morgan fingerprint density at radius 2 is 1.85 bits per heavy atom. The Kier molecular flexibility index (Phi) is 5.63. The van der Waals surface area contributed by atoms with Crippen molar-refractivity contribution in [1.82, 2.24) is 4.72 Å². The Bertz CT molecular complexity index is 672. The SMILES string of the molecule is CCCCCNS(=O)(=O)c1ccc(S(N)(=O)=O)cc1F. The molecular weight excluding hydrogens is 307 g/mol. The number of rotatable bonds is 7. The Morgan fingerprint density at radius 1 is 1.20 bits per heavy atom. The molecule has 1 rings (SSSR count). The zero-order valence-corrected chi connectivity index (χ0v) is 12.6. The molecule has 0 atom stereocenters. The van der Waals surface area contributed by atoms with E-state index in [0.717, 1.165) is 25.0 Å². The molecule has 1 aromatic carbocycles. The fourth-order valence-corrected chi connectivity index (χ4v) is 3.19. The van der Waals surface area contributed by atoms with Gasteiger partial charge in [-0.25, -0.2) is 31.1 Å². The minimum Gasteiger partial charge on any atom is -0.225 e. The van der Waals surface area contributed by atoms with Gasteiger partial charge in [-0.3, -0.25) is 0 Å². The van der Waals surface area contributed by atoms with E-state index in [1.807, 2.05) is 6.92 Å². The van der Waals surface area contributed by atoms with E-state index in [9.17, 15) is 21.2 Å². The summed E-state index contributed by atoms with van der Waals surface area (Å²) in [4.78, 5) is -1.07. The van der Waals surface area contributed by atoms with Crippen LogP contribution in [0.25, 0.3) is 0 Å². The van der Waals surface area contributed by atoms with Crippen molar-refractivity contribution in [1.29, 1.82) is 0 Å². The fraction of sp³-hybridized carbons (Fsp3) is 0.455. The molecule has 0 radical (unpaired) electrons. The van der Waals surface area contributed by atoms with Crippen molar-refractivity contribution >= 4 is 20.0 Å². The zero-order valence-electron chi connectivity index (χ0n) is 11.0. The van der Waals surface area contributed by atoms with Gasteiger partial charge in [0, 0.05) is 6.54 Å². The van der Waals surface area contributed by atoms with E-state index in [2.05, 4.69) is 4.72 Å². The first kappa shape index (κ1) is 17.0. The summed E-state index contributed by atoms with van der Waals surface area (Å²) in [6, 6.07) is 2.44. The van der Waals surface area contributed by atoms with Crippen molar-refractivity contribution < 1.29 is 21.2 Å². The van der Waals surface area contributed by atoms with Crippen LogP contribution >= 0.6 is 0 Å². The molecule has 0 amide bonds. The lowest BCUT2D eigenvalue weighted by Crippen LogP contribution is -2.26. The van der Waals surface area contributed by atoms with E-state index >= 15 is 0 Å². The highest BCUT2D eigenvalue weighted by Gasteiger charge is 2.20. The maximum Gasteiger partial charge on any atom is 0.243 e. The molecular formula is C11H17FN2O4S2. The van der Waals surface area contributed by atoms with Crippen LogP contribution in [0, 0.1) is 5.82 Å². The van der Waals surface area contributed by atoms with Crippen LogP contribution in [-0.2, 0) is 20.0 Å². The first-order valence-electron chi connectivity index (χ1n) is 6.00. The second-order valence-electron chi connectivity index (χ2n) is 4.24. The molecule has 0 bridgehead atoms. The van der Waals surface area contributed by atoms with E-state index < -0.39 is 35.7 Å². The van der Waals surface area contributed by atoms with Gasteiger partial charge in [-0.1, -0.05) is 19.8 Å². The van der Waals surface area contributed by atoms with E-state index in [4.69, 9.17) is 5.14 Å². The lowest BCUT2D eigenvalue weighted by molar-refractivity contribution is 0.550. The molecule has 0 saturated heterocycles. The standard InChI is InChI=1S/C11H17FN2O4S2/c1-2-3-4-7-14-20(17,18)11-6-5-9(8-10(11)12)19(13,15)16/h5-6,8,14H,2-4,7H2,1H3,(H2,13,15,16). The predicted molar refractivity (Wildman–Crippen MR) is 72.5 cm³/mol. The third kappa shape index (κ3) is 4.51. The smallest absolute Gasteiger partial charge is 0.225 e. The number of nitrogens with one attached hydrogen (secondary N) is 1. The second-order valence-corrected chi connectivity index (χ2v) is 7.54. The molecule has 0 aromatic heterocycles. The Labute approximate surface area is 118 Å². The molecule has 1 aromatic rings. The number of hydrogen-bond donors (Lipinski definition) is 2. The molecule has 0 fully saturated rings. The summed E-state index contributed by atoms with van der Waals surface area (Å²) in [5, 5.41) is 4.84. The second kappa shape index (κ2) is 6.61. The summed E-state index contributed by atoms with van der Waals surface area (Å²) in [6.07, 6.45) is 2.43. The predicted octanol–water partition coefficient (Wildman–Crippen LogP) is 0.942. The molecule has 0 aliphatic heterocycles. The van der Waals surface area contributed by atoms with Crippen molar-refractivity contribution in [2.75, 3.05) is 6.54 Å². The van der Waals surface area contributed by atoms with Crippen LogP contribution < -0.4 is 9.86 Å². The molecule has 0 saturated carbocycles. The van der Waals surface area contributed by atoms with Gasteiger partial charge in [0.25, 0.3) is 0 Å². The molecule has 0 unspecified atom stereocenters. The third-order valence-corrected chi connectivity index (χ3v) is 5.00. The van der Waals surface area contributed by atoms with E-state index in [-0.39, 0.29) is 6.54 Å². The van der Waals surface area contributed by atoms with Crippen LogP contribution in [0.4, 0.5) is 4.39 Å². The highest BCUT2D eigenvalue weighted by molar-refractivity contribution is 7.89. The van der Waals surface area contributed by atoms with E-state index in [1.54, 1.807) is 0 Å².